The summed E-state index contributed by atoms with van der Waals surface area (Å²) >= 11 is 1.65. The van der Waals surface area contributed by atoms with Crippen LogP contribution in [0.5, 0.6) is 0 Å². The highest BCUT2D eigenvalue weighted by Crippen LogP contribution is 2.23. The van der Waals surface area contributed by atoms with Gasteiger partial charge in [-0.05, 0) is 11.4 Å². The van der Waals surface area contributed by atoms with Crippen LogP contribution in [0.3, 0.4) is 0 Å². The maximum absolute atomic E-state index is 4.32. The molecule has 2 N–H and O–H groups in total. The summed E-state index contributed by atoms with van der Waals surface area (Å²) in [5, 5.41) is 9.96. The summed E-state index contributed by atoms with van der Waals surface area (Å²) in [7, 11) is 0. The molecular formula is C12H17N5S. The van der Waals surface area contributed by atoms with Crippen molar-refractivity contribution in [3.05, 3.63) is 17.8 Å². The Hall–Kier alpha value is -1.24. The second-order valence-corrected chi connectivity index (χ2v) is 5.27. The molecule has 0 amide bonds. The fourth-order valence-electron chi connectivity index (χ4n) is 2.20. The van der Waals surface area contributed by atoms with E-state index < -0.39 is 0 Å². The number of hydrogen-bond acceptors (Lipinski definition) is 6. The van der Waals surface area contributed by atoms with Gasteiger partial charge in [0.2, 0.25) is 0 Å². The van der Waals surface area contributed by atoms with Gasteiger partial charge in [0, 0.05) is 39.3 Å². The zero-order valence-corrected chi connectivity index (χ0v) is 11.0. The van der Waals surface area contributed by atoms with Gasteiger partial charge in [-0.25, -0.2) is 9.97 Å². The quantitative estimate of drug-likeness (QED) is 0.862. The van der Waals surface area contributed by atoms with Crippen molar-refractivity contribution in [2.45, 2.75) is 0 Å². The first-order valence-electron chi connectivity index (χ1n) is 6.28. The van der Waals surface area contributed by atoms with Crippen molar-refractivity contribution in [3.63, 3.8) is 0 Å². The molecule has 0 unspecified atom stereocenters. The van der Waals surface area contributed by atoms with Crippen molar-refractivity contribution in [3.8, 4) is 0 Å². The molecule has 2 aromatic heterocycles. The van der Waals surface area contributed by atoms with Crippen molar-refractivity contribution < 1.29 is 0 Å². The largest absolute Gasteiger partial charge is 0.368 e. The lowest BCUT2D eigenvalue weighted by Crippen LogP contribution is -2.45. The lowest BCUT2D eigenvalue weighted by molar-refractivity contribution is 0.249. The Morgan fingerprint density at radius 1 is 1.33 bits per heavy atom. The van der Waals surface area contributed by atoms with E-state index in [0.717, 1.165) is 55.3 Å². The average Bonchev–Trinajstić information content (AvgIpc) is 2.89. The monoisotopic (exact) mass is 263 g/mol. The van der Waals surface area contributed by atoms with Crippen LogP contribution < -0.4 is 10.6 Å². The van der Waals surface area contributed by atoms with Crippen LogP contribution in [0, 0.1) is 0 Å². The summed E-state index contributed by atoms with van der Waals surface area (Å²) in [6.45, 7) is 6.47. The molecule has 1 aliphatic rings. The maximum Gasteiger partial charge on any atom is 0.138 e. The number of fused-ring (bicyclic) bond motifs is 1. The molecule has 1 fully saturated rings. The molecule has 0 aliphatic carbocycles. The van der Waals surface area contributed by atoms with E-state index in [2.05, 4.69) is 36.9 Å². The Labute approximate surface area is 110 Å². The average molecular weight is 263 g/mol. The third-order valence-electron chi connectivity index (χ3n) is 3.19. The van der Waals surface area contributed by atoms with E-state index in [1.807, 2.05) is 0 Å². The van der Waals surface area contributed by atoms with Gasteiger partial charge in [-0.3, -0.25) is 4.90 Å². The van der Waals surface area contributed by atoms with Crippen LogP contribution in [0.4, 0.5) is 5.82 Å². The minimum absolute atomic E-state index is 0.932. The Balaban J connectivity index is 1.57. The molecule has 1 aliphatic heterocycles. The molecule has 0 aromatic carbocycles. The van der Waals surface area contributed by atoms with Crippen LogP contribution >= 0.6 is 11.3 Å². The van der Waals surface area contributed by atoms with Crippen molar-refractivity contribution >= 4 is 27.4 Å². The van der Waals surface area contributed by atoms with Gasteiger partial charge in [0.1, 0.15) is 17.0 Å². The van der Waals surface area contributed by atoms with Gasteiger partial charge in [0.25, 0.3) is 0 Å². The molecule has 18 heavy (non-hydrogen) atoms. The van der Waals surface area contributed by atoms with Gasteiger partial charge in [0.15, 0.2) is 0 Å². The lowest BCUT2D eigenvalue weighted by Gasteiger charge is -2.27. The second-order valence-electron chi connectivity index (χ2n) is 4.38. The molecule has 6 heteroatoms. The predicted molar refractivity (Wildman–Crippen MR) is 75.2 cm³/mol. The topological polar surface area (TPSA) is 53.1 Å². The molecular weight excluding hydrogens is 246 g/mol. The summed E-state index contributed by atoms with van der Waals surface area (Å²) in [6, 6.07) is 2.08. The first kappa shape index (κ1) is 11.8. The Bertz CT molecular complexity index is 506. The number of aromatic nitrogens is 2. The Morgan fingerprint density at radius 3 is 3.11 bits per heavy atom. The van der Waals surface area contributed by atoms with Crippen LogP contribution in [0.15, 0.2) is 17.8 Å². The third-order valence-corrected chi connectivity index (χ3v) is 4.01. The zero-order chi connectivity index (χ0) is 12.2. The minimum atomic E-state index is 0.932. The maximum atomic E-state index is 4.32. The number of anilines is 1. The Kier molecular flexibility index (Phi) is 3.68. The van der Waals surface area contributed by atoms with Crippen LogP contribution in [-0.4, -0.2) is 54.1 Å². The minimum Gasteiger partial charge on any atom is -0.368 e. The molecule has 96 valence electrons. The summed E-state index contributed by atoms with van der Waals surface area (Å²) in [5.41, 5.74) is 0. The number of nitrogens with one attached hydrogen (secondary N) is 2. The van der Waals surface area contributed by atoms with Gasteiger partial charge in [-0.1, -0.05) is 0 Å². The molecule has 0 atom stereocenters. The van der Waals surface area contributed by atoms with Crippen LogP contribution in [0.1, 0.15) is 0 Å². The van der Waals surface area contributed by atoms with E-state index in [0.29, 0.717) is 0 Å². The predicted octanol–water partition coefficient (Wildman–Crippen LogP) is 1.01. The standard InChI is InChI=1S/C12H17N5S/c1-8-18-12-10(1)11(15-9-16-12)14-4-7-17-5-2-13-3-6-17/h1,8-9,13H,2-7H2,(H,14,15,16). The molecule has 3 heterocycles. The van der Waals surface area contributed by atoms with Crippen molar-refractivity contribution in [1.82, 2.24) is 20.2 Å². The van der Waals surface area contributed by atoms with E-state index >= 15 is 0 Å². The SMILES string of the molecule is c1nc(NCCN2CCNCC2)c2ccsc2n1. The molecule has 1 saturated heterocycles. The number of piperazine rings is 1. The fraction of sp³-hybridized carbons (Fsp3) is 0.500. The molecule has 0 radical (unpaired) electrons. The number of thiophene rings is 1. The van der Waals surface area contributed by atoms with Crippen LogP contribution in [-0.2, 0) is 0 Å². The van der Waals surface area contributed by atoms with Gasteiger partial charge >= 0.3 is 0 Å². The molecule has 0 saturated carbocycles. The summed E-state index contributed by atoms with van der Waals surface area (Å²) in [6.07, 6.45) is 1.63. The lowest BCUT2D eigenvalue weighted by atomic mass is 10.3. The first-order chi connectivity index (χ1) is 8.93. The van der Waals surface area contributed by atoms with E-state index in [-0.39, 0.29) is 0 Å². The van der Waals surface area contributed by atoms with Crippen LogP contribution in [0.2, 0.25) is 0 Å². The molecule has 0 bridgehead atoms. The van der Waals surface area contributed by atoms with Gasteiger partial charge in [0.05, 0.1) is 5.39 Å². The van der Waals surface area contributed by atoms with Crippen molar-refractivity contribution in [2.75, 3.05) is 44.6 Å². The second kappa shape index (κ2) is 5.60. The van der Waals surface area contributed by atoms with E-state index in [1.54, 1.807) is 17.7 Å². The van der Waals surface area contributed by atoms with Crippen molar-refractivity contribution in [2.24, 2.45) is 0 Å². The Morgan fingerprint density at radius 2 is 2.22 bits per heavy atom. The molecule has 2 aromatic rings. The van der Waals surface area contributed by atoms with E-state index in [1.165, 1.54) is 0 Å². The summed E-state index contributed by atoms with van der Waals surface area (Å²) in [5.74, 6) is 0.955. The van der Waals surface area contributed by atoms with Gasteiger partial charge in [-0.2, -0.15) is 0 Å². The molecule has 3 rings (SSSR count). The van der Waals surface area contributed by atoms with E-state index in [4.69, 9.17) is 0 Å². The highest BCUT2D eigenvalue weighted by Gasteiger charge is 2.09. The smallest absolute Gasteiger partial charge is 0.138 e. The third kappa shape index (κ3) is 2.60. The number of nitrogens with zero attached hydrogens (tertiary/aromatic N) is 3. The number of rotatable bonds is 4. The van der Waals surface area contributed by atoms with Crippen molar-refractivity contribution in [1.29, 1.82) is 0 Å². The summed E-state index contributed by atoms with van der Waals surface area (Å²) in [4.78, 5) is 12.1. The van der Waals surface area contributed by atoms with E-state index in [9.17, 15) is 0 Å². The van der Waals surface area contributed by atoms with Gasteiger partial charge in [-0.15, -0.1) is 11.3 Å². The fourth-order valence-corrected chi connectivity index (χ4v) is 2.93. The van der Waals surface area contributed by atoms with Gasteiger partial charge < -0.3 is 10.6 Å². The normalized spacial score (nSPS) is 17.1. The molecule has 5 nitrogen and oxygen atoms in total. The summed E-state index contributed by atoms with van der Waals surface area (Å²) < 4.78 is 0. The highest BCUT2D eigenvalue weighted by atomic mass is 32.1. The zero-order valence-electron chi connectivity index (χ0n) is 10.2. The highest BCUT2D eigenvalue weighted by molar-refractivity contribution is 7.16. The van der Waals surface area contributed by atoms with Crippen LogP contribution in [0.25, 0.3) is 10.2 Å². The molecule has 0 spiro atoms. The first-order valence-corrected chi connectivity index (χ1v) is 7.16. The number of hydrogen-bond donors (Lipinski definition) is 2.